The summed E-state index contributed by atoms with van der Waals surface area (Å²) in [5.41, 5.74) is 8.43. The van der Waals surface area contributed by atoms with Crippen LogP contribution >= 0.6 is 0 Å². The number of primary amides is 1. The number of hydrogen-bond donors (Lipinski definition) is 1. The third-order valence-electron chi connectivity index (χ3n) is 6.75. The summed E-state index contributed by atoms with van der Waals surface area (Å²) in [6.07, 6.45) is 1.78. The molecule has 4 nitrogen and oxygen atoms in total. The number of amides is 1. The molecule has 1 saturated heterocycles. The summed E-state index contributed by atoms with van der Waals surface area (Å²) >= 11 is 0. The highest BCUT2D eigenvalue weighted by Crippen LogP contribution is 2.39. The molecule has 1 fully saturated rings. The van der Waals surface area contributed by atoms with Crippen molar-refractivity contribution in [3.05, 3.63) is 71.3 Å². The number of likely N-dealkylation sites (tertiary alicyclic amines) is 1. The molecule has 0 radical (unpaired) electrons. The monoisotopic (exact) mass is 392 g/mol. The average molecular weight is 393 g/mol. The SMILES string of the molecule is CC(=O)C(Cc1ccccc1)CN1CCC(C)(c2cccc(C(N)=O)c2)C(C)C1. The molecule has 0 aliphatic carbocycles. The Morgan fingerprint density at radius 2 is 1.90 bits per heavy atom. The Kier molecular flexibility index (Phi) is 6.53. The Balaban J connectivity index is 1.69. The van der Waals surface area contributed by atoms with Crippen molar-refractivity contribution >= 4 is 11.7 Å². The van der Waals surface area contributed by atoms with Gasteiger partial charge in [0.1, 0.15) is 5.78 Å². The molecule has 4 heteroatoms. The van der Waals surface area contributed by atoms with Gasteiger partial charge in [0.05, 0.1) is 0 Å². The number of piperidine rings is 1. The fourth-order valence-corrected chi connectivity index (χ4v) is 4.49. The summed E-state index contributed by atoms with van der Waals surface area (Å²) in [4.78, 5) is 26.3. The number of carbonyl (C=O) groups excluding carboxylic acids is 2. The van der Waals surface area contributed by atoms with Crippen LogP contribution in [0, 0.1) is 11.8 Å². The molecule has 0 bridgehead atoms. The standard InChI is InChI=1S/C25H32N2O2/c1-18-16-27(17-22(19(2)28)14-20-8-5-4-6-9-20)13-12-25(18,3)23-11-7-10-21(15-23)24(26)29/h4-11,15,18,22H,12-14,16-17H2,1-3H3,(H2,26,29). The molecule has 1 amide bonds. The van der Waals surface area contributed by atoms with Crippen LogP contribution in [0.4, 0.5) is 0 Å². The number of hydrogen-bond acceptors (Lipinski definition) is 3. The number of rotatable bonds is 7. The summed E-state index contributed by atoms with van der Waals surface area (Å²) in [5, 5.41) is 0. The predicted octanol–water partition coefficient (Wildman–Crippen LogP) is 3.83. The lowest BCUT2D eigenvalue weighted by Crippen LogP contribution is -2.49. The highest BCUT2D eigenvalue weighted by molar-refractivity contribution is 5.93. The zero-order valence-electron chi connectivity index (χ0n) is 17.7. The second kappa shape index (κ2) is 8.91. The summed E-state index contributed by atoms with van der Waals surface area (Å²) in [6.45, 7) is 8.94. The highest BCUT2D eigenvalue weighted by Gasteiger charge is 2.38. The molecule has 1 aliphatic heterocycles. The van der Waals surface area contributed by atoms with E-state index >= 15 is 0 Å². The van der Waals surface area contributed by atoms with Crippen molar-refractivity contribution in [3.8, 4) is 0 Å². The zero-order chi connectivity index (χ0) is 21.0. The smallest absolute Gasteiger partial charge is 0.248 e. The summed E-state index contributed by atoms with van der Waals surface area (Å²) < 4.78 is 0. The molecular weight excluding hydrogens is 360 g/mol. The number of carbonyl (C=O) groups is 2. The van der Waals surface area contributed by atoms with Gasteiger partial charge in [-0.1, -0.05) is 56.3 Å². The van der Waals surface area contributed by atoms with Gasteiger partial charge in [-0.05, 0) is 60.9 Å². The number of benzene rings is 2. The zero-order valence-corrected chi connectivity index (χ0v) is 17.7. The Morgan fingerprint density at radius 3 is 2.52 bits per heavy atom. The van der Waals surface area contributed by atoms with Gasteiger partial charge in [0, 0.05) is 24.6 Å². The van der Waals surface area contributed by atoms with E-state index in [0.29, 0.717) is 11.5 Å². The third-order valence-corrected chi connectivity index (χ3v) is 6.75. The normalized spacial score (nSPS) is 23.5. The van der Waals surface area contributed by atoms with Gasteiger partial charge in [0.25, 0.3) is 0 Å². The van der Waals surface area contributed by atoms with E-state index in [-0.39, 0.29) is 23.0 Å². The van der Waals surface area contributed by atoms with E-state index in [1.54, 1.807) is 13.0 Å². The molecule has 2 aromatic rings. The van der Waals surface area contributed by atoms with E-state index in [2.05, 4.69) is 36.9 Å². The van der Waals surface area contributed by atoms with Gasteiger partial charge in [-0.3, -0.25) is 9.59 Å². The minimum atomic E-state index is -0.384. The maximum absolute atomic E-state index is 12.3. The minimum Gasteiger partial charge on any atom is -0.366 e. The largest absolute Gasteiger partial charge is 0.366 e. The van der Waals surface area contributed by atoms with E-state index in [0.717, 1.165) is 32.5 Å². The fraction of sp³-hybridized carbons (Fsp3) is 0.440. The lowest BCUT2D eigenvalue weighted by Gasteiger charge is -2.46. The van der Waals surface area contributed by atoms with Gasteiger partial charge in [-0.25, -0.2) is 0 Å². The van der Waals surface area contributed by atoms with Crippen molar-refractivity contribution in [2.75, 3.05) is 19.6 Å². The Labute approximate surface area is 174 Å². The van der Waals surface area contributed by atoms with E-state index in [9.17, 15) is 9.59 Å². The van der Waals surface area contributed by atoms with Crippen LogP contribution in [-0.4, -0.2) is 36.2 Å². The Hall–Kier alpha value is -2.46. The van der Waals surface area contributed by atoms with E-state index in [4.69, 9.17) is 5.73 Å². The van der Waals surface area contributed by atoms with Gasteiger partial charge in [0.15, 0.2) is 0 Å². The first kappa shape index (κ1) is 21.3. The van der Waals surface area contributed by atoms with Crippen molar-refractivity contribution < 1.29 is 9.59 Å². The molecule has 2 aromatic carbocycles. The maximum atomic E-state index is 12.3. The van der Waals surface area contributed by atoms with Crippen LogP contribution in [0.25, 0.3) is 0 Å². The minimum absolute atomic E-state index is 0.00684. The number of Topliss-reactive ketones (excluding diaryl/α,β-unsaturated/α-hetero) is 1. The molecule has 3 rings (SSSR count). The lowest BCUT2D eigenvalue weighted by molar-refractivity contribution is -0.121. The van der Waals surface area contributed by atoms with E-state index in [1.807, 2.05) is 30.3 Å². The maximum Gasteiger partial charge on any atom is 0.248 e. The second-order valence-corrected chi connectivity index (χ2v) is 8.77. The quantitative estimate of drug-likeness (QED) is 0.779. The molecule has 0 aromatic heterocycles. The topological polar surface area (TPSA) is 63.4 Å². The fourth-order valence-electron chi connectivity index (χ4n) is 4.49. The lowest BCUT2D eigenvalue weighted by atomic mass is 9.67. The summed E-state index contributed by atoms with van der Waals surface area (Å²) in [6, 6.07) is 18.0. The predicted molar refractivity (Wildman–Crippen MR) is 117 cm³/mol. The number of nitrogens with zero attached hydrogens (tertiary/aromatic N) is 1. The van der Waals surface area contributed by atoms with Crippen molar-refractivity contribution in [1.82, 2.24) is 4.90 Å². The molecule has 154 valence electrons. The van der Waals surface area contributed by atoms with Gasteiger partial charge in [-0.2, -0.15) is 0 Å². The first-order valence-corrected chi connectivity index (χ1v) is 10.5. The van der Waals surface area contributed by atoms with E-state index in [1.165, 1.54) is 11.1 Å². The summed E-state index contributed by atoms with van der Waals surface area (Å²) in [5.74, 6) is 0.297. The first-order valence-electron chi connectivity index (χ1n) is 10.5. The van der Waals surface area contributed by atoms with E-state index < -0.39 is 0 Å². The Morgan fingerprint density at radius 1 is 1.17 bits per heavy atom. The van der Waals surface area contributed by atoms with Crippen LogP contribution < -0.4 is 5.73 Å². The van der Waals surface area contributed by atoms with Crippen molar-refractivity contribution in [1.29, 1.82) is 0 Å². The Bertz CT molecular complexity index is 864. The van der Waals surface area contributed by atoms with Crippen molar-refractivity contribution in [2.24, 2.45) is 17.6 Å². The van der Waals surface area contributed by atoms with Gasteiger partial charge in [-0.15, -0.1) is 0 Å². The first-order chi connectivity index (χ1) is 13.8. The van der Waals surface area contributed by atoms with Crippen molar-refractivity contribution in [2.45, 2.75) is 39.0 Å². The summed E-state index contributed by atoms with van der Waals surface area (Å²) in [7, 11) is 0. The average Bonchev–Trinajstić information content (AvgIpc) is 2.71. The van der Waals surface area contributed by atoms with Gasteiger partial charge in [0.2, 0.25) is 5.91 Å². The van der Waals surface area contributed by atoms with Gasteiger partial charge < -0.3 is 10.6 Å². The molecule has 3 atom stereocenters. The molecule has 1 heterocycles. The molecule has 1 aliphatic rings. The molecular formula is C25H32N2O2. The van der Waals surface area contributed by atoms with Crippen LogP contribution in [0.2, 0.25) is 0 Å². The van der Waals surface area contributed by atoms with Crippen LogP contribution in [-0.2, 0) is 16.6 Å². The molecule has 3 unspecified atom stereocenters. The highest BCUT2D eigenvalue weighted by atomic mass is 16.1. The molecule has 29 heavy (non-hydrogen) atoms. The molecule has 0 saturated carbocycles. The second-order valence-electron chi connectivity index (χ2n) is 8.77. The van der Waals surface area contributed by atoms with Crippen LogP contribution in [0.15, 0.2) is 54.6 Å². The van der Waals surface area contributed by atoms with Gasteiger partial charge >= 0.3 is 0 Å². The third kappa shape index (κ3) is 4.94. The van der Waals surface area contributed by atoms with Crippen LogP contribution in [0.5, 0.6) is 0 Å². The molecule has 0 spiro atoms. The van der Waals surface area contributed by atoms with Crippen LogP contribution in [0.3, 0.4) is 0 Å². The van der Waals surface area contributed by atoms with Crippen LogP contribution in [0.1, 0.15) is 48.7 Å². The number of nitrogens with two attached hydrogens (primary N) is 1. The molecule has 2 N–H and O–H groups in total. The number of ketones is 1. The van der Waals surface area contributed by atoms with Crippen molar-refractivity contribution in [3.63, 3.8) is 0 Å².